The maximum atomic E-state index is 13.7. The third-order valence-corrected chi connectivity index (χ3v) is 7.62. The zero-order valence-electron chi connectivity index (χ0n) is 21.1. The molecule has 2 amide bonds. The lowest BCUT2D eigenvalue weighted by atomic mass is 10.0. The fraction of sp³-hybridized carbons (Fsp3) is 0.310. The van der Waals surface area contributed by atoms with Crippen molar-refractivity contribution in [3.8, 4) is 0 Å². The fourth-order valence-corrected chi connectivity index (χ4v) is 5.50. The van der Waals surface area contributed by atoms with Gasteiger partial charge in [-0.05, 0) is 61.7 Å². The molecule has 0 aromatic heterocycles. The summed E-state index contributed by atoms with van der Waals surface area (Å²) in [6, 6.07) is 22.3. The average molecular weight is 622 g/mol. The topological polar surface area (TPSA) is 49.4 Å². The van der Waals surface area contributed by atoms with E-state index < -0.39 is 11.6 Å². The first-order chi connectivity index (χ1) is 17.5. The van der Waals surface area contributed by atoms with Crippen LogP contribution in [0.4, 0.5) is 0 Å². The Hall–Kier alpha value is -1.99. The van der Waals surface area contributed by atoms with Crippen LogP contribution in [-0.4, -0.2) is 34.0 Å². The predicted molar refractivity (Wildman–Crippen MR) is 159 cm³/mol. The molecule has 3 aromatic carbocycles. The van der Waals surface area contributed by atoms with Crippen molar-refractivity contribution >= 4 is 62.7 Å². The van der Waals surface area contributed by atoms with E-state index in [4.69, 9.17) is 23.2 Å². The van der Waals surface area contributed by atoms with E-state index in [0.717, 1.165) is 21.2 Å². The predicted octanol–water partition coefficient (Wildman–Crippen LogP) is 7.54. The zero-order chi connectivity index (χ0) is 27.0. The van der Waals surface area contributed by atoms with Crippen molar-refractivity contribution in [1.82, 2.24) is 10.2 Å². The van der Waals surface area contributed by atoms with E-state index in [1.165, 1.54) is 11.8 Å². The van der Waals surface area contributed by atoms with Gasteiger partial charge in [0.2, 0.25) is 11.8 Å². The van der Waals surface area contributed by atoms with Crippen molar-refractivity contribution in [3.63, 3.8) is 0 Å². The molecule has 3 rings (SSSR count). The summed E-state index contributed by atoms with van der Waals surface area (Å²) in [7, 11) is 0. The molecule has 0 saturated carbocycles. The summed E-state index contributed by atoms with van der Waals surface area (Å²) in [4.78, 5) is 29.0. The fourth-order valence-electron chi connectivity index (χ4n) is 3.76. The van der Waals surface area contributed by atoms with E-state index in [-0.39, 0.29) is 17.6 Å². The van der Waals surface area contributed by atoms with Crippen molar-refractivity contribution in [2.45, 2.75) is 51.1 Å². The van der Waals surface area contributed by atoms with E-state index in [2.05, 4.69) is 21.2 Å². The summed E-state index contributed by atoms with van der Waals surface area (Å²) in [5.41, 5.74) is 2.42. The van der Waals surface area contributed by atoms with Crippen LogP contribution in [0.1, 0.15) is 37.5 Å². The summed E-state index contributed by atoms with van der Waals surface area (Å²) in [6.45, 7) is 6.15. The smallest absolute Gasteiger partial charge is 0.243 e. The first-order valence-electron chi connectivity index (χ1n) is 11.9. The summed E-state index contributed by atoms with van der Waals surface area (Å²) in [5.74, 6) is 0.491. The zero-order valence-corrected chi connectivity index (χ0v) is 25.1. The molecule has 1 atom stereocenters. The quantitative estimate of drug-likeness (QED) is 0.254. The summed E-state index contributed by atoms with van der Waals surface area (Å²) in [5, 5.41) is 4.24. The van der Waals surface area contributed by atoms with Crippen molar-refractivity contribution in [2.24, 2.45) is 0 Å². The molecule has 8 heteroatoms. The van der Waals surface area contributed by atoms with Gasteiger partial charge in [-0.3, -0.25) is 9.59 Å². The van der Waals surface area contributed by atoms with Gasteiger partial charge in [-0.1, -0.05) is 87.7 Å². The van der Waals surface area contributed by atoms with Gasteiger partial charge < -0.3 is 10.2 Å². The van der Waals surface area contributed by atoms with Crippen LogP contribution in [0.3, 0.4) is 0 Å². The lowest BCUT2D eigenvalue weighted by Crippen LogP contribution is -2.54. The van der Waals surface area contributed by atoms with Crippen LogP contribution in [0.15, 0.2) is 77.3 Å². The first-order valence-corrected chi connectivity index (χ1v) is 14.6. The van der Waals surface area contributed by atoms with E-state index in [1.807, 2.05) is 81.4 Å². The van der Waals surface area contributed by atoms with Crippen molar-refractivity contribution in [2.75, 3.05) is 5.75 Å². The third kappa shape index (κ3) is 9.68. The number of hydrogen-bond acceptors (Lipinski definition) is 3. The Morgan fingerprint density at radius 1 is 0.973 bits per heavy atom. The lowest BCUT2D eigenvalue weighted by molar-refractivity contribution is -0.140. The van der Waals surface area contributed by atoms with Gasteiger partial charge in [0, 0.05) is 38.8 Å². The van der Waals surface area contributed by atoms with E-state index in [1.54, 1.807) is 17.0 Å². The maximum absolute atomic E-state index is 13.7. The lowest BCUT2D eigenvalue weighted by Gasteiger charge is -2.34. The minimum absolute atomic E-state index is 0.108. The Labute approximate surface area is 242 Å². The molecular formula is C29H31BrCl2N2O2S. The molecule has 0 bridgehead atoms. The molecule has 4 nitrogen and oxygen atoms in total. The van der Waals surface area contributed by atoms with Gasteiger partial charge in [0.05, 0.1) is 5.75 Å². The molecule has 0 saturated heterocycles. The Kier molecular flexibility index (Phi) is 10.9. The highest BCUT2D eigenvalue weighted by Crippen LogP contribution is 2.26. The maximum Gasteiger partial charge on any atom is 0.243 e. The molecule has 0 spiro atoms. The number of hydrogen-bond donors (Lipinski definition) is 1. The molecule has 3 aromatic rings. The Bertz CT molecular complexity index is 1200. The molecule has 0 heterocycles. The number of halogens is 3. The van der Waals surface area contributed by atoms with Gasteiger partial charge in [-0.2, -0.15) is 0 Å². The van der Waals surface area contributed by atoms with E-state index in [0.29, 0.717) is 28.8 Å². The minimum atomic E-state index is -0.669. The molecule has 0 unspecified atom stereocenters. The number of carbonyl (C=O) groups excluding carboxylic acids is 2. The van der Waals surface area contributed by atoms with Crippen LogP contribution in [0.5, 0.6) is 0 Å². The van der Waals surface area contributed by atoms with Crippen molar-refractivity contribution in [1.29, 1.82) is 0 Å². The highest BCUT2D eigenvalue weighted by molar-refractivity contribution is 9.10. The second kappa shape index (κ2) is 13.7. The number of benzene rings is 3. The van der Waals surface area contributed by atoms with Crippen LogP contribution in [0.25, 0.3) is 0 Å². The van der Waals surface area contributed by atoms with Gasteiger partial charge in [0.25, 0.3) is 0 Å². The van der Waals surface area contributed by atoms with Crippen LogP contribution in [0, 0.1) is 0 Å². The molecule has 0 radical (unpaired) electrons. The van der Waals surface area contributed by atoms with Gasteiger partial charge in [-0.25, -0.2) is 0 Å². The first kappa shape index (κ1) is 29.6. The molecule has 0 aliphatic heterocycles. The second-order valence-electron chi connectivity index (χ2n) is 9.82. The molecule has 0 aliphatic rings. The number of thioether (sulfide) groups is 1. The number of nitrogens with zero attached hydrogens (tertiary/aromatic N) is 1. The average Bonchev–Trinajstić information content (AvgIpc) is 2.83. The molecule has 1 N–H and O–H groups in total. The van der Waals surface area contributed by atoms with Gasteiger partial charge in [-0.15, -0.1) is 11.8 Å². The molecule has 196 valence electrons. The SMILES string of the molecule is CC(C)(C)NC(=O)[C@@H](Cc1ccccc1)N(Cc1ccc(Br)cc1)C(=O)CSCc1ccc(Cl)cc1Cl. The summed E-state index contributed by atoms with van der Waals surface area (Å²) in [6.07, 6.45) is 0.415. The Morgan fingerprint density at radius 3 is 2.27 bits per heavy atom. The highest BCUT2D eigenvalue weighted by atomic mass is 79.9. The van der Waals surface area contributed by atoms with Gasteiger partial charge >= 0.3 is 0 Å². The largest absolute Gasteiger partial charge is 0.350 e. The van der Waals surface area contributed by atoms with Gasteiger partial charge in [0.15, 0.2) is 0 Å². The molecule has 0 aliphatic carbocycles. The van der Waals surface area contributed by atoms with Crippen molar-refractivity contribution < 1.29 is 9.59 Å². The van der Waals surface area contributed by atoms with Crippen LogP contribution in [-0.2, 0) is 28.3 Å². The summed E-state index contributed by atoms with van der Waals surface area (Å²) >= 11 is 17.3. The Balaban J connectivity index is 1.87. The summed E-state index contributed by atoms with van der Waals surface area (Å²) < 4.78 is 0.954. The molecule has 0 fully saturated rings. The number of amides is 2. The monoisotopic (exact) mass is 620 g/mol. The van der Waals surface area contributed by atoms with Crippen LogP contribution >= 0.6 is 50.9 Å². The number of nitrogens with one attached hydrogen (secondary N) is 1. The van der Waals surface area contributed by atoms with Gasteiger partial charge in [0.1, 0.15) is 6.04 Å². The van der Waals surface area contributed by atoms with E-state index >= 15 is 0 Å². The molecule has 37 heavy (non-hydrogen) atoms. The minimum Gasteiger partial charge on any atom is -0.350 e. The van der Waals surface area contributed by atoms with Crippen LogP contribution < -0.4 is 5.32 Å². The Morgan fingerprint density at radius 2 is 1.65 bits per heavy atom. The standard InChI is InChI=1S/C29H31BrCl2N2O2S/c1-29(2,3)33-28(36)26(15-20-7-5-4-6-8-20)34(17-21-9-12-23(30)13-10-21)27(35)19-37-18-22-11-14-24(31)16-25(22)32/h4-14,16,26H,15,17-19H2,1-3H3,(H,33,36)/t26-/m1/s1. The van der Waals surface area contributed by atoms with Crippen LogP contribution in [0.2, 0.25) is 10.0 Å². The highest BCUT2D eigenvalue weighted by Gasteiger charge is 2.32. The third-order valence-electron chi connectivity index (χ3n) is 5.53. The molecular weight excluding hydrogens is 591 g/mol. The van der Waals surface area contributed by atoms with Crippen molar-refractivity contribution in [3.05, 3.63) is 104 Å². The normalized spacial score (nSPS) is 12.2. The number of carbonyl (C=O) groups is 2. The number of rotatable bonds is 10. The second-order valence-corrected chi connectivity index (χ2v) is 12.6. The van der Waals surface area contributed by atoms with E-state index in [9.17, 15) is 9.59 Å².